The lowest BCUT2D eigenvalue weighted by molar-refractivity contribution is -0.188. The zero-order valence-corrected chi connectivity index (χ0v) is 7.94. The molecule has 0 radical (unpaired) electrons. The molecule has 0 spiro atoms. The maximum atomic E-state index is 11.3. The predicted octanol–water partition coefficient (Wildman–Crippen LogP) is -0.115. The molecule has 2 unspecified atom stereocenters. The fourth-order valence-electron chi connectivity index (χ4n) is 1.77. The summed E-state index contributed by atoms with van der Waals surface area (Å²) in [5.74, 6) is 1.20. The van der Waals surface area contributed by atoms with Crippen molar-refractivity contribution >= 4 is 5.78 Å². The van der Waals surface area contributed by atoms with Crippen LogP contribution in [-0.2, 0) is 19.0 Å². The quantitative estimate of drug-likeness (QED) is 0.349. The van der Waals surface area contributed by atoms with Crippen LogP contribution in [0.3, 0.4) is 0 Å². The molecule has 0 saturated carbocycles. The van der Waals surface area contributed by atoms with Gasteiger partial charge in [-0.25, -0.2) is 0 Å². The minimum absolute atomic E-state index is 0.118. The van der Waals surface area contributed by atoms with E-state index in [1.54, 1.807) is 0 Å². The van der Waals surface area contributed by atoms with Gasteiger partial charge in [-0.1, -0.05) is 5.92 Å². The molecule has 0 aromatic heterocycles. The topological polar surface area (TPSA) is 48.1 Å². The van der Waals surface area contributed by atoms with E-state index in [1.165, 1.54) is 20.3 Å². The fraction of sp³-hybridized carbons (Fsp3) is 0.500. The van der Waals surface area contributed by atoms with Crippen LogP contribution in [-0.4, -0.2) is 38.0 Å². The summed E-state index contributed by atoms with van der Waals surface area (Å²) in [5, 5.41) is 0. The third-order valence-electron chi connectivity index (χ3n) is 2.57. The van der Waals surface area contributed by atoms with Crippen LogP contribution in [0.5, 0.6) is 0 Å². The number of epoxide rings is 1. The van der Waals surface area contributed by atoms with Gasteiger partial charge in [-0.2, -0.15) is 0 Å². The second-order valence-corrected chi connectivity index (χ2v) is 3.16. The lowest BCUT2D eigenvalue weighted by atomic mass is 9.92. The Balaban J connectivity index is 2.45. The molecule has 74 valence electrons. The second-order valence-electron chi connectivity index (χ2n) is 3.16. The molecule has 0 bridgehead atoms. The first-order valence-corrected chi connectivity index (χ1v) is 4.18. The van der Waals surface area contributed by atoms with Gasteiger partial charge in [-0.05, 0) is 0 Å². The Labute approximate surface area is 81.8 Å². The number of ether oxygens (including phenoxy) is 3. The average Bonchev–Trinajstić information content (AvgIpc) is 2.99. The molecule has 1 saturated heterocycles. The second kappa shape index (κ2) is 2.92. The van der Waals surface area contributed by atoms with Gasteiger partial charge in [0, 0.05) is 20.3 Å². The third-order valence-corrected chi connectivity index (χ3v) is 2.57. The number of hydrogen-bond donors (Lipinski definition) is 0. The molecule has 0 amide bonds. The molecule has 4 heteroatoms. The summed E-state index contributed by atoms with van der Waals surface area (Å²) < 4.78 is 15.6. The van der Waals surface area contributed by atoms with Crippen molar-refractivity contribution in [2.24, 2.45) is 0 Å². The molecule has 1 heterocycles. The van der Waals surface area contributed by atoms with E-state index in [-0.39, 0.29) is 5.78 Å². The van der Waals surface area contributed by atoms with E-state index in [0.717, 1.165) is 0 Å². The van der Waals surface area contributed by atoms with Crippen molar-refractivity contribution in [2.75, 3.05) is 14.2 Å². The van der Waals surface area contributed by atoms with Crippen molar-refractivity contribution in [3.8, 4) is 12.3 Å². The summed E-state index contributed by atoms with van der Waals surface area (Å²) in [6.07, 6.45) is 5.78. The van der Waals surface area contributed by atoms with Gasteiger partial charge in [-0.15, -0.1) is 6.42 Å². The molecule has 1 aliphatic heterocycles. The molecule has 0 N–H and O–H groups in total. The van der Waals surface area contributed by atoms with Gasteiger partial charge < -0.3 is 14.2 Å². The average molecular weight is 194 g/mol. The van der Waals surface area contributed by atoms with Crippen molar-refractivity contribution < 1.29 is 19.0 Å². The van der Waals surface area contributed by atoms with Gasteiger partial charge in [-0.3, -0.25) is 4.79 Å². The van der Waals surface area contributed by atoms with E-state index < -0.39 is 18.0 Å². The van der Waals surface area contributed by atoms with Crippen LogP contribution in [0.25, 0.3) is 0 Å². The zero-order valence-electron chi connectivity index (χ0n) is 7.94. The van der Waals surface area contributed by atoms with E-state index in [0.29, 0.717) is 5.57 Å². The summed E-state index contributed by atoms with van der Waals surface area (Å²) in [4.78, 5) is 11.3. The Hall–Kier alpha value is -1.15. The number of hydrogen-bond acceptors (Lipinski definition) is 4. The monoisotopic (exact) mass is 194 g/mol. The van der Waals surface area contributed by atoms with E-state index >= 15 is 0 Å². The minimum Gasteiger partial charge on any atom is -0.355 e. The smallest absolute Gasteiger partial charge is 0.232 e. The summed E-state index contributed by atoms with van der Waals surface area (Å²) >= 11 is 0. The Morgan fingerprint density at radius 1 is 1.57 bits per heavy atom. The predicted molar refractivity (Wildman–Crippen MR) is 47.3 cm³/mol. The molecular weight excluding hydrogens is 184 g/mol. The third kappa shape index (κ3) is 0.976. The van der Waals surface area contributed by atoms with Crippen molar-refractivity contribution in [1.82, 2.24) is 0 Å². The molecule has 0 aromatic rings. The Morgan fingerprint density at radius 3 is 2.71 bits per heavy atom. The Kier molecular flexibility index (Phi) is 1.96. The molecule has 1 fully saturated rings. The molecule has 2 atom stereocenters. The van der Waals surface area contributed by atoms with Gasteiger partial charge >= 0.3 is 0 Å². The normalized spacial score (nSPS) is 32.9. The van der Waals surface area contributed by atoms with Crippen molar-refractivity contribution in [3.05, 3.63) is 11.6 Å². The van der Waals surface area contributed by atoms with Gasteiger partial charge in [0.15, 0.2) is 18.0 Å². The summed E-state index contributed by atoms with van der Waals surface area (Å²) in [6.45, 7) is 0. The highest BCUT2D eigenvalue weighted by Crippen LogP contribution is 2.44. The number of carbonyl (C=O) groups excluding carboxylic acids is 1. The summed E-state index contributed by atoms with van der Waals surface area (Å²) in [6, 6.07) is 0. The Morgan fingerprint density at radius 2 is 2.21 bits per heavy atom. The number of fused-ring (bicyclic) bond motifs is 1. The van der Waals surface area contributed by atoms with E-state index in [2.05, 4.69) is 5.92 Å². The van der Waals surface area contributed by atoms with E-state index in [4.69, 9.17) is 20.6 Å². The van der Waals surface area contributed by atoms with Crippen molar-refractivity contribution in [2.45, 2.75) is 18.0 Å². The van der Waals surface area contributed by atoms with Gasteiger partial charge in [0.25, 0.3) is 0 Å². The molecule has 2 aliphatic rings. The van der Waals surface area contributed by atoms with Crippen LogP contribution in [0.1, 0.15) is 0 Å². The van der Waals surface area contributed by atoms with Gasteiger partial charge in [0.05, 0.1) is 5.57 Å². The van der Waals surface area contributed by atoms with Gasteiger partial charge in [0.2, 0.25) is 5.79 Å². The molecule has 14 heavy (non-hydrogen) atoms. The Bertz CT molecular complexity index is 346. The van der Waals surface area contributed by atoms with Crippen molar-refractivity contribution in [3.63, 3.8) is 0 Å². The number of ketones is 1. The van der Waals surface area contributed by atoms with E-state index in [9.17, 15) is 4.79 Å². The fourth-order valence-corrected chi connectivity index (χ4v) is 1.77. The number of terminal acetylenes is 1. The number of rotatable bonds is 2. The SMILES string of the molecule is C#CC1=CC(=O)C2OC2C1(OC)OC. The molecule has 4 nitrogen and oxygen atoms in total. The maximum absolute atomic E-state index is 11.3. The van der Waals surface area contributed by atoms with Crippen molar-refractivity contribution in [1.29, 1.82) is 0 Å². The van der Waals surface area contributed by atoms with Crippen LogP contribution in [0.2, 0.25) is 0 Å². The molecule has 0 aromatic carbocycles. The van der Waals surface area contributed by atoms with Crippen LogP contribution in [0.15, 0.2) is 11.6 Å². The first kappa shape index (κ1) is 9.41. The highest BCUT2D eigenvalue weighted by molar-refractivity contribution is 5.99. The lowest BCUT2D eigenvalue weighted by Crippen LogP contribution is -2.46. The van der Waals surface area contributed by atoms with Crippen LogP contribution in [0, 0.1) is 12.3 Å². The first-order valence-electron chi connectivity index (χ1n) is 4.18. The van der Waals surface area contributed by atoms with E-state index in [1.807, 2.05) is 0 Å². The zero-order chi connectivity index (χ0) is 10.3. The van der Waals surface area contributed by atoms with Crippen LogP contribution in [0.4, 0.5) is 0 Å². The van der Waals surface area contributed by atoms with Gasteiger partial charge in [0.1, 0.15) is 0 Å². The first-order chi connectivity index (χ1) is 6.69. The highest BCUT2D eigenvalue weighted by Gasteiger charge is 2.63. The summed E-state index contributed by atoms with van der Waals surface area (Å²) in [7, 11) is 2.95. The number of methoxy groups -OCH3 is 2. The lowest BCUT2D eigenvalue weighted by Gasteiger charge is -2.30. The number of carbonyl (C=O) groups is 1. The largest absolute Gasteiger partial charge is 0.355 e. The summed E-state index contributed by atoms with van der Waals surface area (Å²) in [5.41, 5.74) is 0.381. The maximum Gasteiger partial charge on any atom is 0.232 e. The van der Waals surface area contributed by atoms with Crippen LogP contribution < -0.4 is 0 Å². The molecular formula is C10H10O4. The molecule has 1 aliphatic carbocycles. The molecule has 2 rings (SSSR count). The standard InChI is InChI=1S/C10H10O4/c1-4-6-5-7(11)8-9(14-8)10(6,12-2)13-3/h1,5,8-9H,2-3H3. The van der Waals surface area contributed by atoms with Crippen LogP contribution >= 0.6 is 0 Å². The minimum atomic E-state index is -1.08. The highest BCUT2D eigenvalue weighted by atomic mass is 16.7.